The van der Waals surface area contributed by atoms with Crippen LogP contribution in [0.1, 0.15) is 20.3 Å². The molecule has 0 bridgehead atoms. The fourth-order valence-electron chi connectivity index (χ4n) is 0. The van der Waals surface area contributed by atoms with E-state index in [1.165, 1.54) is 5.57 Å². The number of hydrogen-bond acceptors (Lipinski definition) is 0. The second-order valence-electron chi connectivity index (χ2n) is 1.78. The van der Waals surface area contributed by atoms with Crippen LogP contribution in [0.5, 0.6) is 0 Å². The summed E-state index contributed by atoms with van der Waals surface area (Å²) in [5.41, 5.74) is 1.25. The molecular formula is C9H16. The van der Waals surface area contributed by atoms with Crippen LogP contribution in [0.3, 0.4) is 0 Å². The summed E-state index contributed by atoms with van der Waals surface area (Å²) in [6, 6.07) is 0. The molecule has 0 heterocycles. The van der Waals surface area contributed by atoms with Crippen molar-refractivity contribution in [3.05, 3.63) is 37.5 Å². The zero-order valence-electron chi connectivity index (χ0n) is 6.48. The van der Waals surface area contributed by atoms with E-state index in [1.54, 1.807) is 12.2 Å². The van der Waals surface area contributed by atoms with Gasteiger partial charge in [0.25, 0.3) is 0 Å². The summed E-state index contributed by atoms with van der Waals surface area (Å²) in [5, 5.41) is 0. The summed E-state index contributed by atoms with van der Waals surface area (Å²) in [6.45, 7) is 14.5. The van der Waals surface area contributed by atoms with Gasteiger partial charge in [0.1, 0.15) is 0 Å². The SMILES string of the molecule is C=C(C)CC.C=CC=C. The van der Waals surface area contributed by atoms with Gasteiger partial charge in [-0.15, -0.1) is 6.58 Å². The van der Waals surface area contributed by atoms with Crippen LogP contribution in [0, 0.1) is 0 Å². The van der Waals surface area contributed by atoms with E-state index in [1.807, 2.05) is 6.92 Å². The van der Waals surface area contributed by atoms with Crippen molar-refractivity contribution in [3.8, 4) is 0 Å². The van der Waals surface area contributed by atoms with Crippen molar-refractivity contribution >= 4 is 0 Å². The molecule has 0 aliphatic carbocycles. The van der Waals surface area contributed by atoms with Gasteiger partial charge in [0.05, 0.1) is 0 Å². The quantitative estimate of drug-likeness (QED) is 0.391. The van der Waals surface area contributed by atoms with Gasteiger partial charge in [-0.25, -0.2) is 0 Å². The first kappa shape index (κ1) is 11.1. The van der Waals surface area contributed by atoms with Gasteiger partial charge in [-0.2, -0.15) is 0 Å². The normalized spacial score (nSPS) is 6.44. The lowest BCUT2D eigenvalue weighted by molar-refractivity contribution is 1.11. The lowest BCUT2D eigenvalue weighted by atomic mass is 10.3. The minimum absolute atomic E-state index is 1.11. The second kappa shape index (κ2) is 10.3. The molecule has 52 valence electrons. The van der Waals surface area contributed by atoms with Gasteiger partial charge >= 0.3 is 0 Å². The molecule has 0 saturated heterocycles. The van der Waals surface area contributed by atoms with Crippen molar-refractivity contribution in [2.24, 2.45) is 0 Å². The summed E-state index contributed by atoms with van der Waals surface area (Å²) >= 11 is 0. The van der Waals surface area contributed by atoms with Gasteiger partial charge in [0.15, 0.2) is 0 Å². The molecule has 0 radical (unpaired) electrons. The largest absolute Gasteiger partial charge is 0.100 e. The summed E-state index contributed by atoms with van der Waals surface area (Å²) in [5.74, 6) is 0. The fraction of sp³-hybridized carbons (Fsp3) is 0.333. The minimum atomic E-state index is 1.11. The molecule has 0 aromatic carbocycles. The summed E-state index contributed by atoms with van der Waals surface area (Å²) in [6.07, 6.45) is 4.39. The number of allylic oxidation sites excluding steroid dienone is 3. The average Bonchev–Trinajstić information content (AvgIpc) is 1.89. The highest BCUT2D eigenvalue weighted by Crippen LogP contribution is 1.88. The molecule has 0 N–H and O–H groups in total. The molecule has 0 nitrogen and oxygen atoms in total. The third kappa shape index (κ3) is 39.9. The van der Waals surface area contributed by atoms with Crippen LogP contribution in [0.4, 0.5) is 0 Å². The van der Waals surface area contributed by atoms with Gasteiger partial charge < -0.3 is 0 Å². The molecule has 0 atom stereocenters. The van der Waals surface area contributed by atoms with Crippen molar-refractivity contribution in [1.82, 2.24) is 0 Å². The molecule has 0 saturated carbocycles. The Balaban J connectivity index is 0. The Hall–Kier alpha value is -0.780. The topological polar surface area (TPSA) is 0 Å². The van der Waals surface area contributed by atoms with E-state index in [-0.39, 0.29) is 0 Å². The Morgan fingerprint density at radius 3 is 1.56 bits per heavy atom. The maximum absolute atomic E-state index is 3.67. The Morgan fingerprint density at radius 1 is 1.33 bits per heavy atom. The number of rotatable bonds is 2. The third-order valence-electron chi connectivity index (χ3n) is 0.770. The predicted octanol–water partition coefficient (Wildman–Crippen LogP) is 3.33. The molecule has 0 heteroatoms. The van der Waals surface area contributed by atoms with Gasteiger partial charge in [-0.05, 0) is 13.3 Å². The van der Waals surface area contributed by atoms with Gasteiger partial charge in [0, 0.05) is 0 Å². The van der Waals surface area contributed by atoms with Crippen LogP contribution in [0.25, 0.3) is 0 Å². The smallest absolute Gasteiger partial charge is 0.0354 e. The molecule has 0 fully saturated rings. The van der Waals surface area contributed by atoms with Gasteiger partial charge in [-0.1, -0.05) is 37.8 Å². The van der Waals surface area contributed by atoms with Crippen LogP contribution in [-0.2, 0) is 0 Å². The monoisotopic (exact) mass is 124 g/mol. The molecule has 0 spiro atoms. The standard InChI is InChI=1S/C5H10.C4H6/c1-4-5(2)3;1-3-4-2/h2,4H2,1,3H3;3-4H,1-2H2. The molecule has 0 rings (SSSR count). The first-order valence-corrected chi connectivity index (χ1v) is 3.06. The average molecular weight is 124 g/mol. The van der Waals surface area contributed by atoms with Crippen molar-refractivity contribution in [2.75, 3.05) is 0 Å². The lowest BCUT2D eigenvalue weighted by Crippen LogP contribution is -1.58. The highest BCUT2D eigenvalue weighted by atomic mass is 13.7. The minimum Gasteiger partial charge on any atom is -0.100 e. The third-order valence-corrected chi connectivity index (χ3v) is 0.770. The van der Waals surface area contributed by atoms with E-state index in [0.29, 0.717) is 0 Å². The zero-order valence-corrected chi connectivity index (χ0v) is 6.48. The molecule has 0 aliphatic rings. The molecular weight excluding hydrogens is 108 g/mol. The van der Waals surface area contributed by atoms with Crippen LogP contribution in [0.15, 0.2) is 37.5 Å². The van der Waals surface area contributed by atoms with E-state index in [9.17, 15) is 0 Å². The highest BCUT2D eigenvalue weighted by Gasteiger charge is 1.67. The molecule has 9 heavy (non-hydrogen) atoms. The molecule has 0 unspecified atom stereocenters. The van der Waals surface area contributed by atoms with E-state index in [2.05, 4.69) is 26.7 Å². The zero-order chi connectivity index (χ0) is 7.70. The molecule has 0 aromatic heterocycles. The summed E-state index contributed by atoms with van der Waals surface area (Å²) in [7, 11) is 0. The van der Waals surface area contributed by atoms with Crippen LogP contribution in [0.2, 0.25) is 0 Å². The molecule has 0 aliphatic heterocycles. The van der Waals surface area contributed by atoms with Crippen molar-refractivity contribution in [2.45, 2.75) is 20.3 Å². The Kier molecular flexibility index (Phi) is 12.6. The molecule has 0 aromatic rings. The Labute approximate surface area is 58.6 Å². The summed E-state index contributed by atoms with van der Waals surface area (Å²) in [4.78, 5) is 0. The Morgan fingerprint density at radius 2 is 1.56 bits per heavy atom. The lowest BCUT2D eigenvalue weighted by Gasteiger charge is -1.79. The van der Waals surface area contributed by atoms with Gasteiger partial charge in [-0.3, -0.25) is 0 Å². The second-order valence-corrected chi connectivity index (χ2v) is 1.78. The van der Waals surface area contributed by atoms with Crippen LogP contribution in [-0.4, -0.2) is 0 Å². The van der Waals surface area contributed by atoms with Crippen LogP contribution >= 0.6 is 0 Å². The van der Waals surface area contributed by atoms with E-state index in [4.69, 9.17) is 0 Å². The van der Waals surface area contributed by atoms with E-state index < -0.39 is 0 Å². The predicted molar refractivity (Wildman–Crippen MR) is 45.5 cm³/mol. The van der Waals surface area contributed by atoms with Crippen molar-refractivity contribution < 1.29 is 0 Å². The molecule has 0 amide bonds. The number of hydrogen-bond donors (Lipinski definition) is 0. The maximum Gasteiger partial charge on any atom is -0.0354 e. The summed E-state index contributed by atoms with van der Waals surface area (Å²) < 4.78 is 0. The maximum atomic E-state index is 3.67. The van der Waals surface area contributed by atoms with E-state index in [0.717, 1.165) is 6.42 Å². The Bertz CT molecular complexity index is 82.2. The first-order chi connectivity index (χ1) is 4.18. The van der Waals surface area contributed by atoms with Gasteiger partial charge in [0.2, 0.25) is 0 Å². The fourth-order valence-corrected chi connectivity index (χ4v) is 0. The van der Waals surface area contributed by atoms with Crippen molar-refractivity contribution in [1.29, 1.82) is 0 Å². The van der Waals surface area contributed by atoms with Crippen molar-refractivity contribution in [3.63, 3.8) is 0 Å². The highest BCUT2D eigenvalue weighted by molar-refractivity contribution is 4.88. The van der Waals surface area contributed by atoms with Crippen LogP contribution < -0.4 is 0 Å². The first-order valence-electron chi connectivity index (χ1n) is 3.06. The van der Waals surface area contributed by atoms with E-state index >= 15 is 0 Å².